The molecule has 1 fully saturated rings. The third kappa shape index (κ3) is 4.12. The van der Waals surface area contributed by atoms with Crippen molar-refractivity contribution in [2.75, 3.05) is 23.3 Å². The summed E-state index contributed by atoms with van der Waals surface area (Å²) >= 11 is 0. The van der Waals surface area contributed by atoms with Gasteiger partial charge in [0.2, 0.25) is 5.91 Å². The van der Waals surface area contributed by atoms with Crippen molar-refractivity contribution in [2.24, 2.45) is 5.92 Å². The van der Waals surface area contributed by atoms with Gasteiger partial charge in [0, 0.05) is 48.4 Å². The lowest BCUT2D eigenvalue weighted by molar-refractivity contribution is -0.120. The van der Waals surface area contributed by atoms with Crippen molar-refractivity contribution in [2.45, 2.75) is 6.92 Å². The maximum atomic E-state index is 12.9. The van der Waals surface area contributed by atoms with Gasteiger partial charge in [-0.1, -0.05) is 48.5 Å². The summed E-state index contributed by atoms with van der Waals surface area (Å²) in [6, 6.07) is 23.9. The lowest BCUT2D eigenvalue weighted by Gasteiger charge is -2.39. The number of aromatic nitrogens is 4. The van der Waals surface area contributed by atoms with E-state index in [0.717, 1.165) is 45.2 Å². The van der Waals surface area contributed by atoms with E-state index in [4.69, 9.17) is 4.98 Å². The van der Waals surface area contributed by atoms with E-state index in [-0.39, 0.29) is 11.8 Å². The van der Waals surface area contributed by atoms with Crippen LogP contribution in [0.4, 0.5) is 11.5 Å². The molecule has 3 aromatic heterocycles. The molecule has 0 atom stereocenters. The number of fused-ring (bicyclic) bond motifs is 1. The number of hydrogen-bond acceptors (Lipinski definition) is 5. The summed E-state index contributed by atoms with van der Waals surface area (Å²) < 4.78 is 2.02. The van der Waals surface area contributed by atoms with Crippen molar-refractivity contribution < 1.29 is 4.79 Å². The molecule has 0 unspecified atom stereocenters. The number of rotatable bonds is 5. The van der Waals surface area contributed by atoms with E-state index in [0.29, 0.717) is 13.1 Å². The van der Waals surface area contributed by atoms with Gasteiger partial charge in [-0.2, -0.15) is 0 Å². The summed E-state index contributed by atoms with van der Waals surface area (Å²) in [4.78, 5) is 28.6. The fourth-order valence-electron chi connectivity index (χ4n) is 4.41. The van der Waals surface area contributed by atoms with Crippen LogP contribution in [0.25, 0.3) is 28.2 Å². The normalized spacial score (nSPS) is 13.6. The summed E-state index contributed by atoms with van der Waals surface area (Å²) in [5.41, 5.74) is 6.60. The van der Waals surface area contributed by atoms with Crippen LogP contribution >= 0.6 is 0 Å². The van der Waals surface area contributed by atoms with Crippen LogP contribution in [0, 0.1) is 12.8 Å². The lowest BCUT2D eigenvalue weighted by Crippen LogP contribution is -2.52. The molecular formula is C28H24N6O. The molecular weight excluding hydrogens is 436 g/mol. The highest BCUT2D eigenvalue weighted by molar-refractivity contribution is 5.95. The molecule has 1 aliphatic heterocycles. The number of carbonyl (C=O) groups excluding carboxylic acids is 1. The fourth-order valence-corrected chi connectivity index (χ4v) is 4.41. The maximum Gasteiger partial charge on any atom is 0.231 e. The Kier molecular flexibility index (Phi) is 5.22. The number of carbonyl (C=O) groups is 1. The second-order valence-electron chi connectivity index (χ2n) is 8.85. The molecule has 1 amide bonds. The van der Waals surface area contributed by atoms with Gasteiger partial charge in [0.05, 0.1) is 17.3 Å². The standard InChI is InChI=1S/C28H24N6O/c1-19-7-6-12-33-17-25(32-27(19)33)21-10-5-11-23(13-21)31-28(35)22-15-34(16-22)26-14-24(29-18-30-26)20-8-3-2-4-9-20/h2-14,17-18,22H,15-16H2,1H3,(H,31,35). The van der Waals surface area contributed by atoms with Crippen LogP contribution in [0.3, 0.4) is 0 Å². The summed E-state index contributed by atoms with van der Waals surface area (Å²) in [7, 11) is 0. The first-order valence-corrected chi connectivity index (χ1v) is 11.6. The van der Waals surface area contributed by atoms with Gasteiger partial charge in [-0.3, -0.25) is 4.79 Å². The van der Waals surface area contributed by atoms with Crippen LogP contribution in [0.1, 0.15) is 5.56 Å². The number of imidazole rings is 1. The molecule has 0 radical (unpaired) electrons. The summed E-state index contributed by atoms with van der Waals surface area (Å²) in [6.45, 7) is 3.31. The van der Waals surface area contributed by atoms with E-state index in [1.165, 1.54) is 0 Å². The number of pyridine rings is 1. The van der Waals surface area contributed by atoms with Gasteiger partial charge < -0.3 is 14.6 Å². The average Bonchev–Trinajstić information content (AvgIpc) is 3.30. The van der Waals surface area contributed by atoms with Gasteiger partial charge in [0.1, 0.15) is 17.8 Å². The fraction of sp³-hybridized carbons (Fsp3) is 0.143. The number of hydrogen-bond donors (Lipinski definition) is 1. The molecule has 172 valence electrons. The zero-order chi connectivity index (χ0) is 23.8. The van der Waals surface area contributed by atoms with E-state index in [1.54, 1.807) is 6.33 Å². The minimum atomic E-state index is -0.0911. The second-order valence-corrected chi connectivity index (χ2v) is 8.85. The Morgan fingerprint density at radius 2 is 1.74 bits per heavy atom. The molecule has 1 saturated heterocycles. The van der Waals surface area contributed by atoms with Crippen molar-refractivity contribution >= 4 is 23.1 Å². The molecule has 7 heteroatoms. The molecule has 5 aromatic rings. The maximum absolute atomic E-state index is 12.9. The van der Waals surface area contributed by atoms with Crippen molar-refractivity contribution in [3.8, 4) is 22.5 Å². The van der Waals surface area contributed by atoms with Crippen LogP contribution in [-0.2, 0) is 4.79 Å². The molecule has 35 heavy (non-hydrogen) atoms. The number of aryl methyl sites for hydroxylation is 1. The van der Waals surface area contributed by atoms with E-state index < -0.39 is 0 Å². The monoisotopic (exact) mass is 460 g/mol. The van der Waals surface area contributed by atoms with Crippen molar-refractivity contribution in [3.05, 3.63) is 97.1 Å². The van der Waals surface area contributed by atoms with Crippen LogP contribution < -0.4 is 10.2 Å². The largest absolute Gasteiger partial charge is 0.355 e. The summed E-state index contributed by atoms with van der Waals surface area (Å²) in [5.74, 6) is 0.764. The van der Waals surface area contributed by atoms with E-state index in [2.05, 4.69) is 33.2 Å². The van der Waals surface area contributed by atoms with Crippen molar-refractivity contribution in [3.63, 3.8) is 0 Å². The Labute approximate surface area is 203 Å². The highest BCUT2D eigenvalue weighted by atomic mass is 16.2. The molecule has 6 rings (SSSR count). The number of anilines is 2. The van der Waals surface area contributed by atoms with Gasteiger partial charge in [-0.15, -0.1) is 0 Å². The Morgan fingerprint density at radius 3 is 2.57 bits per heavy atom. The predicted molar refractivity (Wildman–Crippen MR) is 137 cm³/mol. The molecule has 0 saturated carbocycles. The minimum Gasteiger partial charge on any atom is -0.355 e. The van der Waals surface area contributed by atoms with Crippen LogP contribution in [0.5, 0.6) is 0 Å². The minimum absolute atomic E-state index is 0.0154. The van der Waals surface area contributed by atoms with Gasteiger partial charge in [-0.25, -0.2) is 15.0 Å². The summed E-state index contributed by atoms with van der Waals surface area (Å²) in [6.07, 6.45) is 5.59. The molecule has 1 N–H and O–H groups in total. The molecule has 1 aliphatic rings. The highest BCUT2D eigenvalue weighted by Crippen LogP contribution is 2.28. The Balaban J connectivity index is 1.12. The van der Waals surface area contributed by atoms with Crippen molar-refractivity contribution in [1.82, 2.24) is 19.4 Å². The molecule has 0 spiro atoms. The third-order valence-electron chi connectivity index (χ3n) is 6.40. The quantitative estimate of drug-likeness (QED) is 0.406. The van der Waals surface area contributed by atoms with Crippen LogP contribution in [0.15, 0.2) is 91.5 Å². The molecule has 4 heterocycles. The van der Waals surface area contributed by atoms with Crippen LogP contribution in [-0.4, -0.2) is 38.3 Å². The molecule has 7 nitrogen and oxygen atoms in total. The summed E-state index contributed by atoms with van der Waals surface area (Å²) in [5, 5.41) is 3.08. The lowest BCUT2D eigenvalue weighted by atomic mass is 9.98. The smallest absolute Gasteiger partial charge is 0.231 e. The van der Waals surface area contributed by atoms with E-state index >= 15 is 0 Å². The zero-order valence-corrected chi connectivity index (χ0v) is 19.3. The SMILES string of the molecule is Cc1cccn2cc(-c3cccc(NC(=O)C4CN(c5cc(-c6ccccc6)ncn5)C4)c3)nc12. The molecule has 2 aromatic carbocycles. The number of benzene rings is 2. The van der Waals surface area contributed by atoms with Gasteiger partial charge in [0.15, 0.2) is 0 Å². The Morgan fingerprint density at radius 1 is 0.914 bits per heavy atom. The molecule has 0 aliphatic carbocycles. The number of nitrogens with zero attached hydrogens (tertiary/aromatic N) is 5. The Hall–Kier alpha value is -4.52. The van der Waals surface area contributed by atoms with Crippen molar-refractivity contribution in [1.29, 1.82) is 0 Å². The van der Waals surface area contributed by atoms with E-state index in [9.17, 15) is 4.79 Å². The first-order chi connectivity index (χ1) is 17.1. The molecule has 0 bridgehead atoms. The first-order valence-electron chi connectivity index (χ1n) is 11.6. The predicted octanol–water partition coefficient (Wildman–Crippen LogP) is 4.84. The highest BCUT2D eigenvalue weighted by Gasteiger charge is 2.33. The zero-order valence-electron chi connectivity index (χ0n) is 19.3. The van der Waals surface area contributed by atoms with E-state index in [1.807, 2.05) is 83.5 Å². The second kappa shape index (κ2) is 8.68. The van der Waals surface area contributed by atoms with Gasteiger partial charge in [-0.05, 0) is 30.7 Å². The van der Waals surface area contributed by atoms with Crippen LogP contribution in [0.2, 0.25) is 0 Å². The van der Waals surface area contributed by atoms with Gasteiger partial charge in [0.25, 0.3) is 0 Å². The first kappa shape index (κ1) is 21.0. The number of amides is 1. The number of nitrogens with one attached hydrogen (secondary N) is 1. The van der Waals surface area contributed by atoms with Gasteiger partial charge >= 0.3 is 0 Å². The average molecular weight is 461 g/mol. The topological polar surface area (TPSA) is 75.4 Å². The Bertz CT molecular complexity index is 1520. The third-order valence-corrected chi connectivity index (χ3v) is 6.40.